The van der Waals surface area contributed by atoms with Crippen LogP contribution >= 0.6 is 36.2 Å². The molecule has 0 saturated heterocycles. The smallest absolute Gasteiger partial charge is 0.231 e. The summed E-state index contributed by atoms with van der Waals surface area (Å²) in [6, 6.07) is 10.8. The van der Waals surface area contributed by atoms with Gasteiger partial charge in [0.15, 0.2) is 16.6 Å². The van der Waals surface area contributed by atoms with Crippen molar-refractivity contribution in [2.45, 2.75) is 31.6 Å². The molecule has 1 aliphatic heterocycles. The van der Waals surface area contributed by atoms with E-state index in [-0.39, 0.29) is 24.8 Å². The van der Waals surface area contributed by atoms with Crippen molar-refractivity contribution in [1.82, 2.24) is 9.88 Å². The van der Waals surface area contributed by atoms with E-state index in [0.717, 1.165) is 42.9 Å². The number of hydrogen-bond acceptors (Lipinski definition) is 6. The molecule has 5 rings (SSSR count). The number of thiazole rings is 1. The number of rotatable bonds is 5. The standard InChI is InChI=1S/C22H25N3O2S.2ClH/c1-25(10-9-14-5-7-18-20(11-14)28-22(23)24-18)12-15-3-2-4-17-16(15)6-8-19-21(17)27-13-26-19;;/h5-8,11,15H,2-4,9-10,12-13H2,1H3,(H2,23,24);2*1H/t15-;;/m0../s1. The van der Waals surface area contributed by atoms with E-state index in [4.69, 9.17) is 15.2 Å². The van der Waals surface area contributed by atoms with Crippen LogP contribution in [0, 0.1) is 0 Å². The minimum absolute atomic E-state index is 0. The lowest BCUT2D eigenvalue weighted by molar-refractivity contribution is 0.173. The average Bonchev–Trinajstić information content (AvgIpc) is 3.31. The molecule has 0 amide bonds. The second-order valence-corrected chi connectivity index (χ2v) is 8.88. The fraction of sp³-hybridized carbons (Fsp3) is 0.409. The number of benzene rings is 2. The Morgan fingerprint density at radius 1 is 1.20 bits per heavy atom. The fourth-order valence-corrected chi connectivity index (χ4v) is 5.28. The van der Waals surface area contributed by atoms with Crippen molar-refractivity contribution >= 4 is 51.5 Å². The van der Waals surface area contributed by atoms with Gasteiger partial charge in [-0.3, -0.25) is 0 Å². The van der Waals surface area contributed by atoms with Crippen molar-refractivity contribution in [3.63, 3.8) is 0 Å². The zero-order chi connectivity index (χ0) is 19.1. The average molecular weight is 468 g/mol. The Balaban J connectivity index is 0.00000128. The molecule has 1 aromatic heterocycles. The molecule has 0 radical (unpaired) electrons. The number of ether oxygens (including phenoxy) is 2. The molecule has 0 fully saturated rings. The summed E-state index contributed by atoms with van der Waals surface area (Å²) in [7, 11) is 2.23. The summed E-state index contributed by atoms with van der Waals surface area (Å²) in [5, 5.41) is 0.640. The first-order valence-corrected chi connectivity index (χ1v) is 10.7. The maximum atomic E-state index is 5.82. The van der Waals surface area contributed by atoms with Crippen LogP contribution in [0.25, 0.3) is 10.2 Å². The van der Waals surface area contributed by atoms with Crippen LogP contribution in [0.5, 0.6) is 11.5 Å². The molecule has 0 saturated carbocycles. The minimum Gasteiger partial charge on any atom is -0.454 e. The predicted molar refractivity (Wildman–Crippen MR) is 128 cm³/mol. The fourth-order valence-electron chi connectivity index (χ4n) is 4.49. The van der Waals surface area contributed by atoms with Crippen LogP contribution in [0.2, 0.25) is 0 Å². The van der Waals surface area contributed by atoms with Crippen LogP contribution in [0.4, 0.5) is 5.13 Å². The summed E-state index contributed by atoms with van der Waals surface area (Å²) in [6.45, 7) is 2.46. The maximum absolute atomic E-state index is 5.82. The Labute approximate surface area is 193 Å². The molecule has 1 atom stereocenters. The van der Waals surface area contributed by atoms with E-state index in [0.29, 0.717) is 17.8 Å². The van der Waals surface area contributed by atoms with E-state index in [2.05, 4.69) is 47.3 Å². The number of likely N-dealkylation sites (N-methyl/N-ethyl adjacent to an activating group) is 1. The molecule has 3 aromatic rings. The van der Waals surface area contributed by atoms with E-state index >= 15 is 0 Å². The molecule has 8 heteroatoms. The second kappa shape index (κ2) is 9.60. The van der Waals surface area contributed by atoms with Gasteiger partial charge in [0.1, 0.15) is 0 Å². The summed E-state index contributed by atoms with van der Waals surface area (Å²) < 4.78 is 12.5. The molecule has 2 aliphatic rings. The summed E-state index contributed by atoms with van der Waals surface area (Å²) in [6.07, 6.45) is 4.59. The number of fused-ring (bicyclic) bond motifs is 4. The third kappa shape index (κ3) is 4.47. The van der Waals surface area contributed by atoms with Gasteiger partial charge >= 0.3 is 0 Å². The van der Waals surface area contributed by atoms with Crippen LogP contribution in [-0.4, -0.2) is 36.8 Å². The molecule has 0 bridgehead atoms. The number of halogens is 2. The highest BCUT2D eigenvalue weighted by Gasteiger charge is 2.28. The van der Waals surface area contributed by atoms with Gasteiger partial charge in [0.25, 0.3) is 0 Å². The van der Waals surface area contributed by atoms with Crippen molar-refractivity contribution in [3.8, 4) is 11.5 Å². The number of nitrogens with two attached hydrogens (primary N) is 1. The minimum atomic E-state index is 0. The first-order chi connectivity index (χ1) is 13.7. The van der Waals surface area contributed by atoms with Gasteiger partial charge in [0, 0.05) is 18.7 Å². The molecule has 5 nitrogen and oxygen atoms in total. The van der Waals surface area contributed by atoms with Gasteiger partial charge in [-0.1, -0.05) is 23.5 Å². The Bertz CT molecular complexity index is 1030. The Hall–Kier alpha value is -1.73. The first kappa shape index (κ1) is 22.9. The van der Waals surface area contributed by atoms with Crippen molar-refractivity contribution < 1.29 is 9.47 Å². The Kier molecular flexibility index (Phi) is 7.34. The van der Waals surface area contributed by atoms with E-state index in [1.807, 2.05) is 0 Å². The predicted octanol–water partition coefficient (Wildman–Crippen LogP) is 5.05. The molecule has 1 aliphatic carbocycles. The van der Waals surface area contributed by atoms with Gasteiger partial charge in [-0.15, -0.1) is 24.8 Å². The second-order valence-electron chi connectivity index (χ2n) is 7.82. The summed E-state index contributed by atoms with van der Waals surface area (Å²) in [5.41, 5.74) is 11.0. The molecule has 162 valence electrons. The van der Waals surface area contributed by atoms with Crippen LogP contribution in [0.3, 0.4) is 0 Å². The highest BCUT2D eigenvalue weighted by Crippen LogP contribution is 2.44. The lowest BCUT2D eigenvalue weighted by atomic mass is 9.82. The number of aromatic nitrogens is 1. The van der Waals surface area contributed by atoms with Gasteiger partial charge < -0.3 is 20.1 Å². The highest BCUT2D eigenvalue weighted by atomic mass is 35.5. The van der Waals surface area contributed by atoms with Gasteiger partial charge in [-0.2, -0.15) is 0 Å². The third-order valence-corrected chi connectivity index (χ3v) is 6.73. The van der Waals surface area contributed by atoms with E-state index in [1.54, 1.807) is 11.3 Å². The van der Waals surface area contributed by atoms with E-state index in [1.165, 1.54) is 34.2 Å². The van der Waals surface area contributed by atoms with E-state index < -0.39 is 0 Å². The first-order valence-electron chi connectivity index (χ1n) is 9.92. The summed E-state index contributed by atoms with van der Waals surface area (Å²) in [4.78, 5) is 6.79. The van der Waals surface area contributed by atoms with Gasteiger partial charge in [0.2, 0.25) is 6.79 Å². The number of nitrogens with zero attached hydrogens (tertiary/aromatic N) is 2. The molecule has 30 heavy (non-hydrogen) atoms. The van der Waals surface area contributed by atoms with Crippen LogP contribution in [-0.2, 0) is 12.8 Å². The molecule has 0 unspecified atom stereocenters. The largest absolute Gasteiger partial charge is 0.454 e. The van der Waals surface area contributed by atoms with Crippen LogP contribution in [0.1, 0.15) is 35.4 Å². The maximum Gasteiger partial charge on any atom is 0.231 e. The van der Waals surface area contributed by atoms with Gasteiger partial charge in [0.05, 0.1) is 10.2 Å². The normalized spacial score (nSPS) is 16.8. The Morgan fingerprint density at radius 2 is 2.07 bits per heavy atom. The number of hydrogen-bond donors (Lipinski definition) is 1. The SMILES string of the molecule is CN(CCc1ccc2nc(N)sc2c1)C[C@@H]1CCCc2c1ccc1c2OCO1.Cl.Cl. The van der Waals surface area contributed by atoms with Crippen LogP contribution < -0.4 is 15.2 Å². The third-order valence-electron chi connectivity index (χ3n) is 5.88. The lowest BCUT2D eigenvalue weighted by Crippen LogP contribution is -2.28. The molecular weight excluding hydrogens is 441 g/mol. The topological polar surface area (TPSA) is 60.6 Å². The summed E-state index contributed by atoms with van der Waals surface area (Å²) >= 11 is 1.56. The van der Waals surface area contributed by atoms with Crippen molar-refractivity contribution in [2.24, 2.45) is 0 Å². The van der Waals surface area contributed by atoms with Crippen molar-refractivity contribution in [1.29, 1.82) is 0 Å². The molecule has 2 N–H and O–H groups in total. The molecular formula is C22H27Cl2N3O2S. The van der Waals surface area contributed by atoms with Crippen LogP contribution in [0.15, 0.2) is 30.3 Å². The number of nitrogen functional groups attached to an aromatic ring is 1. The lowest BCUT2D eigenvalue weighted by Gasteiger charge is -2.30. The monoisotopic (exact) mass is 467 g/mol. The molecule has 0 spiro atoms. The zero-order valence-electron chi connectivity index (χ0n) is 16.9. The van der Waals surface area contributed by atoms with Crippen molar-refractivity contribution in [2.75, 3.05) is 32.7 Å². The van der Waals surface area contributed by atoms with E-state index in [9.17, 15) is 0 Å². The Morgan fingerprint density at radius 3 is 2.93 bits per heavy atom. The van der Waals surface area contributed by atoms with Crippen molar-refractivity contribution in [3.05, 3.63) is 47.0 Å². The zero-order valence-corrected chi connectivity index (χ0v) is 19.4. The highest BCUT2D eigenvalue weighted by molar-refractivity contribution is 7.22. The number of anilines is 1. The molecule has 2 heterocycles. The summed E-state index contributed by atoms with van der Waals surface area (Å²) in [5.74, 6) is 2.46. The van der Waals surface area contributed by atoms with Gasteiger partial charge in [-0.05, 0) is 68.0 Å². The molecule has 2 aromatic carbocycles. The van der Waals surface area contributed by atoms with Gasteiger partial charge in [-0.25, -0.2) is 4.98 Å². The quantitative estimate of drug-likeness (QED) is 0.568.